The minimum atomic E-state index is -3.69. The number of hydrogen-bond acceptors (Lipinski definition) is 4. The zero-order chi connectivity index (χ0) is 19.2. The van der Waals surface area contributed by atoms with E-state index >= 15 is 0 Å². The maximum Gasteiger partial charge on any atom is 0.243 e. The second-order valence-corrected chi connectivity index (χ2v) is 9.91. The summed E-state index contributed by atoms with van der Waals surface area (Å²) in [4.78, 5) is 14.9. The Balaban J connectivity index is 1.45. The number of carbonyl (C=O) groups excluding carboxylic acids is 1. The van der Waals surface area contributed by atoms with Gasteiger partial charge < -0.3 is 10.6 Å². The molecule has 1 amide bonds. The molecule has 1 aliphatic heterocycles. The van der Waals surface area contributed by atoms with Gasteiger partial charge in [0.25, 0.3) is 0 Å². The highest BCUT2D eigenvalue weighted by Crippen LogP contribution is 2.48. The van der Waals surface area contributed by atoms with Crippen LogP contribution >= 0.6 is 0 Å². The lowest BCUT2D eigenvalue weighted by atomic mass is 9.84. The van der Waals surface area contributed by atoms with E-state index in [4.69, 9.17) is 5.73 Å². The van der Waals surface area contributed by atoms with Crippen LogP contribution in [0.5, 0.6) is 0 Å². The van der Waals surface area contributed by atoms with Crippen LogP contribution in [-0.4, -0.2) is 55.8 Å². The Kier molecular flexibility index (Phi) is 4.98. The predicted molar refractivity (Wildman–Crippen MR) is 98.7 cm³/mol. The lowest BCUT2D eigenvalue weighted by molar-refractivity contribution is -0.137. The molecule has 1 aromatic carbocycles. The lowest BCUT2D eigenvalue weighted by Crippen LogP contribution is -2.48. The molecule has 6 nitrogen and oxygen atoms in total. The number of nitrogens with zero attached hydrogens (tertiary/aromatic N) is 2. The number of nitrogens with two attached hydrogens (primary N) is 1. The van der Waals surface area contributed by atoms with E-state index < -0.39 is 15.8 Å². The number of fused-ring (bicyclic) bond motifs is 2. The standard InChI is InChI=1S/C19H26FN3O3S/c20-15-4-6-16(7-5-15)27(25,26)23-9-1-8-22(10-11-23)19(24)17-13-2-3-14(12-13)18(17)21/h4-7,13-14,17-18H,1-3,8-12,21H2. The van der Waals surface area contributed by atoms with Crippen LogP contribution in [0, 0.1) is 23.6 Å². The van der Waals surface area contributed by atoms with Gasteiger partial charge in [0.05, 0.1) is 10.8 Å². The Bertz CT molecular complexity index is 812. The summed E-state index contributed by atoms with van der Waals surface area (Å²) in [7, 11) is -3.69. The molecule has 0 radical (unpaired) electrons. The van der Waals surface area contributed by atoms with Crippen molar-refractivity contribution in [3.05, 3.63) is 30.1 Å². The average Bonchev–Trinajstić information content (AvgIpc) is 3.13. The van der Waals surface area contributed by atoms with Crippen molar-refractivity contribution in [3.63, 3.8) is 0 Å². The van der Waals surface area contributed by atoms with E-state index in [9.17, 15) is 17.6 Å². The molecule has 0 spiro atoms. The molecule has 4 atom stereocenters. The molecule has 4 unspecified atom stereocenters. The van der Waals surface area contributed by atoms with E-state index in [2.05, 4.69) is 0 Å². The first-order chi connectivity index (χ1) is 12.9. The topological polar surface area (TPSA) is 83.7 Å². The molecule has 3 aliphatic rings. The predicted octanol–water partition coefficient (Wildman–Crippen LogP) is 1.42. The molecule has 3 fully saturated rings. The van der Waals surface area contributed by atoms with Gasteiger partial charge in [-0.15, -0.1) is 0 Å². The first-order valence-corrected chi connectivity index (χ1v) is 11.1. The van der Waals surface area contributed by atoms with Crippen LogP contribution in [0.4, 0.5) is 4.39 Å². The maximum absolute atomic E-state index is 13.1. The van der Waals surface area contributed by atoms with Crippen molar-refractivity contribution in [2.24, 2.45) is 23.5 Å². The van der Waals surface area contributed by atoms with Crippen molar-refractivity contribution in [2.45, 2.75) is 36.6 Å². The zero-order valence-electron chi connectivity index (χ0n) is 15.3. The molecule has 27 heavy (non-hydrogen) atoms. The Labute approximate surface area is 159 Å². The number of benzene rings is 1. The molecule has 4 rings (SSSR count). The molecular formula is C19H26FN3O3S. The highest BCUT2D eigenvalue weighted by molar-refractivity contribution is 7.89. The lowest BCUT2D eigenvalue weighted by Gasteiger charge is -2.32. The highest BCUT2D eigenvalue weighted by atomic mass is 32.2. The summed E-state index contributed by atoms with van der Waals surface area (Å²) in [6.45, 7) is 1.53. The summed E-state index contributed by atoms with van der Waals surface area (Å²) >= 11 is 0. The van der Waals surface area contributed by atoms with Crippen molar-refractivity contribution < 1.29 is 17.6 Å². The third-order valence-corrected chi connectivity index (χ3v) is 8.40. The highest BCUT2D eigenvalue weighted by Gasteiger charge is 2.50. The van der Waals surface area contributed by atoms with Crippen LogP contribution in [0.15, 0.2) is 29.2 Å². The van der Waals surface area contributed by atoms with Gasteiger partial charge in [-0.1, -0.05) is 0 Å². The van der Waals surface area contributed by atoms with Crippen LogP contribution in [0.25, 0.3) is 0 Å². The quantitative estimate of drug-likeness (QED) is 0.839. The summed E-state index contributed by atoms with van der Waals surface area (Å²) in [5.74, 6) is 0.370. The monoisotopic (exact) mass is 395 g/mol. The Morgan fingerprint density at radius 2 is 1.74 bits per heavy atom. The van der Waals surface area contributed by atoms with Gasteiger partial charge in [-0.05, 0) is 61.8 Å². The first kappa shape index (κ1) is 18.8. The number of amides is 1. The Hall–Kier alpha value is -1.51. The molecule has 2 saturated carbocycles. The summed E-state index contributed by atoms with van der Waals surface area (Å²) in [6, 6.07) is 4.81. The van der Waals surface area contributed by atoms with E-state index in [-0.39, 0.29) is 29.3 Å². The van der Waals surface area contributed by atoms with E-state index in [1.54, 1.807) is 4.90 Å². The van der Waals surface area contributed by atoms with E-state index in [0.29, 0.717) is 37.9 Å². The number of carbonyl (C=O) groups is 1. The Morgan fingerprint density at radius 1 is 1.04 bits per heavy atom. The Morgan fingerprint density at radius 3 is 2.41 bits per heavy atom. The summed E-state index contributed by atoms with van der Waals surface area (Å²) in [5.41, 5.74) is 6.31. The van der Waals surface area contributed by atoms with E-state index in [1.165, 1.54) is 16.4 Å². The molecule has 0 aromatic heterocycles. The second kappa shape index (κ2) is 7.14. The summed E-state index contributed by atoms with van der Waals surface area (Å²) < 4.78 is 40.1. The van der Waals surface area contributed by atoms with Crippen LogP contribution in [0.2, 0.25) is 0 Å². The van der Waals surface area contributed by atoms with Crippen LogP contribution in [0.1, 0.15) is 25.7 Å². The van der Waals surface area contributed by atoms with Gasteiger partial charge in [-0.3, -0.25) is 4.79 Å². The largest absolute Gasteiger partial charge is 0.341 e. The van der Waals surface area contributed by atoms with Crippen LogP contribution in [-0.2, 0) is 14.8 Å². The van der Waals surface area contributed by atoms with Gasteiger partial charge in [-0.2, -0.15) is 4.31 Å². The smallest absolute Gasteiger partial charge is 0.243 e. The molecular weight excluding hydrogens is 369 g/mol. The summed E-state index contributed by atoms with van der Waals surface area (Å²) in [6.07, 6.45) is 3.84. The van der Waals surface area contributed by atoms with E-state index in [0.717, 1.165) is 31.4 Å². The number of rotatable bonds is 3. The number of sulfonamides is 1. The van der Waals surface area contributed by atoms with Gasteiger partial charge in [-0.25, -0.2) is 12.8 Å². The minimum absolute atomic E-state index is 0.0569. The van der Waals surface area contributed by atoms with Gasteiger partial charge in [0.2, 0.25) is 15.9 Å². The first-order valence-electron chi connectivity index (χ1n) is 9.68. The molecule has 2 N–H and O–H groups in total. The van der Waals surface area contributed by atoms with Gasteiger partial charge in [0.1, 0.15) is 5.82 Å². The van der Waals surface area contributed by atoms with Gasteiger partial charge in [0, 0.05) is 32.2 Å². The van der Waals surface area contributed by atoms with Crippen molar-refractivity contribution in [1.29, 1.82) is 0 Å². The molecule has 1 aromatic rings. The van der Waals surface area contributed by atoms with Gasteiger partial charge in [0.15, 0.2) is 0 Å². The number of hydrogen-bond donors (Lipinski definition) is 1. The molecule has 1 heterocycles. The van der Waals surface area contributed by atoms with Crippen molar-refractivity contribution in [2.75, 3.05) is 26.2 Å². The van der Waals surface area contributed by atoms with Crippen molar-refractivity contribution >= 4 is 15.9 Å². The normalized spacial score (nSPS) is 31.9. The van der Waals surface area contributed by atoms with Gasteiger partial charge >= 0.3 is 0 Å². The minimum Gasteiger partial charge on any atom is -0.341 e. The fourth-order valence-electron chi connectivity index (χ4n) is 5.02. The molecule has 1 saturated heterocycles. The molecule has 2 aliphatic carbocycles. The second-order valence-electron chi connectivity index (χ2n) is 7.97. The third-order valence-electron chi connectivity index (χ3n) is 6.48. The van der Waals surface area contributed by atoms with E-state index in [1.807, 2.05) is 0 Å². The van der Waals surface area contributed by atoms with Crippen LogP contribution in [0.3, 0.4) is 0 Å². The zero-order valence-corrected chi connectivity index (χ0v) is 16.1. The van der Waals surface area contributed by atoms with Crippen molar-refractivity contribution in [1.82, 2.24) is 9.21 Å². The maximum atomic E-state index is 13.1. The summed E-state index contributed by atoms with van der Waals surface area (Å²) in [5, 5.41) is 0. The molecule has 2 bridgehead atoms. The fraction of sp³-hybridized carbons (Fsp3) is 0.632. The molecule has 8 heteroatoms. The SMILES string of the molecule is NC1C2CCC(C2)C1C(=O)N1CCCN(S(=O)(=O)c2ccc(F)cc2)CC1. The van der Waals surface area contributed by atoms with Crippen molar-refractivity contribution in [3.8, 4) is 0 Å². The third kappa shape index (κ3) is 3.39. The number of halogens is 1. The van der Waals surface area contributed by atoms with Crippen LogP contribution < -0.4 is 5.73 Å². The fourth-order valence-corrected chi connectivity index (χ4v) is 6.49. The average molecular weight is 396 g/mol. The molecule has 148 valence electrons.